The van der Waals surface area contributed by atoms with Crippen LogP contribution in [-0.2, 0) is 29.1 Å². The molecule has 1 aliphatic heterocycles. The van der Waals surface area contributed by atoms with Gasteiger partial charge in [0.25, 0.3) is 11.8 Å². The lowest BCUT2D eigenvalue weighted by molar-refractivity contribution is -0.153. The number of aliphatic hydroxyl groups excluding tert-OH is 2. The predicted molar refractivity (Wildman–Crippen MR) is 104 cm³/mol. The van der Waals surface area contributed by atoms with E-state index in [0.29, 0.717) is 19.5 Å². The number of carbonyl (C=O) groups excluding carboxylic acids is 2. The maximum atomic E-state index is 12.5. The van der Waals surface area contributed by atoms with Crippen LogP contribution in [0.5, 0.6) is 0 Å². The molecule has 2 aromatic rings. The van der Waals surface area contributed by atoms with Gasteiger partial charge in [-0.05, 0) is 35.2 Å². The Hall–Kier alpha value is -2.22. The fraction of sp³-hybridized carbons (Fsp3) is 0.300. The number of aliphatic hydroxyl groups is 2. The van der Waals surface area contributed by atoms with Gasteiger partial charge in [-0.25, -0.2) is 0 Å². The first kappa shape index (κ1) is 19.5. The summed E-state index contributed by atoms with van der Waals surface area (Å²) >= 11 is 3.34. The number of nitrogens with zero attached hydrogens (tertiary/aromatic N) is 1. The van der Waals surface area contributed by atoms with Crippen molar-refractivity contribution in [3.63, 3.8) is 0 Å². The maximum Gasteiger partial charge on any atom is 0.255 e. The zero-order valence-corrected chi connectivity index (χ0v) is 16.2. The van der Waals surface area contributed by atoms with Gasteiger partial charge in [0, 0.05) is 24.1 Å². The quantitative estimate of drug-likeness (QED) is 0.665. The van der Waals surface area contributed by atoms with Crippen LogP contribution in [0.15, 0.2) is 53.0 Å². The fourth-order valence-corrected chi connectivity index (χ4v) is 3.54. The first-order valence-electron chi connectivity index (χ1n) is 8.69. The molecule has 2 aromatic carbocycles. The topological polar surface area (TPSA) is 89.9 Å². The molecule has 1 aliphatic rings. The van der Waals surface area contributed by atoms with Crippen LogP contribution in [0.25, 0.3) is 0 Å². The van der Waals surface area contributed by atoms with E-state index in [1.54, 1.807) is 0 Å². The van der Waals surface area contributed by atoms with Crippen molar-refractivity contribution in [1.29, 1.82) is 0 Å². The molecule has 3 N–H and O–H groups in total. The average molecular weight is 433 g/mol. The Morgan fingerprint density at radius 2 is 1.81 bits per heavy atom. The third-order valence-electron chi connectivity index (χ3n) is 4.62. The van der Waals surface area contributed by atoms with E-state index >= 15 is 0 Å². The van der Waals surface area contributed by atoms with Gasteiger partial charge in [0.2, 0.25) is 0 Å². The van der Waals surface area contributed by atoms with E-state index in [1.165, 1.54) is 10.5 Å². The number of halogens is 1. The van der Waals surface area contributed by atoms with E-state index in [1.807, 2.05) is 48.5 Å². The van der Waals surface area contributed by atoms with Crippen LogP contribution in [0.3, 0.4) is 0 Å². The van der Waals surface area contributed by atoms with Crippen LogP contribution < -0.4 is 5.32 Å². The summed E-state index contributed by atoms with van der Waals surface area (Å²) in [5.74, 6) is -1.43. The summed E-state index contributed by atoms with van der Waals surface area (Å²) in [5, 5.41) is 22.8. The van der Waals surface area contributed by atoms with Gasteiger partial charge in [0.05, 0.1) is 0 Å². The minimum Gasteiger partial charge on any atom is -0.380 e. The number of benzene rings is 2. The number of nitrogens with one attached hydrogen (secondary N) is 1. The van der Waals surface area contributed by atoms with Crippen molar-refractivity contribution in [3.05, 3.63) is 69.7 Å². The summed E-state index contributed by atoms with van der Waals surface area (Å²) in [7, 11) is 0. The first-order chi connectivity index (χ1) is 13.0. The Morgan fingerprint density at radius 3 is 2.56 bits per heavy atom. The lowest BCUT2D eigenvalue weighted by atomic mass is 9.99. The van der Waals surface area contributed by atoms with Gasteiger partial charge in [0.15, 0.2) is 12.2 Å². The molecule has 27 heavy (non-hydrogen) atoms. The zero-order chi connectivity index (χ0) is 19.4. The molecule has 0 aromatic heterocycles. The molecule has 7 heteroatoms. The predicted octanol–water partition coefficient (Wildman–Crippen LogP) is 1.37. The molecule has 0 unspecified atom stereocenters. The van der Waals surface area contributed by atoms with E-state index in [0.717, 1.165) is 15.6 Å². The minimum atomic E-state index is -1.82. The Morgan fingerprint density at radius 1 is 1.07 bits per heavy atom. The SMILES string of the molecule is O=C(NCc1cccc(Br)c1)[C@@H](O)[C@H](O)C(=O)N1CCc2ccccc2C1. The molecule has 3 rings (SSSR count). The fourth-order valence-electron chi connectivity index (χ4n) is 3.09. The Bertz CT molecular complexity index is 842. The van der Waals surface area contributed by atoms with E-state index in [2.05, 4.69) is 21.2 Å². The van der Waals surface area contributed by atoms with Crippen molar-refractivity contribution in [2.45, 2.75) is 31.7 Å². The summed E-state index contributed by atoms with van der Waals surface area (Å²) in [6.07, 6.45) is -2.93. The molecule has 2 amide bonds. The minimum absolute atomic E-state index is 0.188. The largest absolute Gasteiger partial charge is 0.380 e. The van der Waals surface area contributed by atoms with E-state index in [9.17, 15) is 19.8 Å². The summed E-state index contributed by atoms with van der Waals surface area (Å²) in [5.41, 5.74) is 3.01. The molecule has 1 heterocycles. The highest BCUT2D eigenvalue weighted by Crippen LogP contribution is 2.19. The first-order valence-corrected chi connectivity index (χ1v) is 9.49. The van der Waals surface area contributed by atoms with Crippen LogP contribution in [0.4, 0.5) is 0 Å². The molecular formula is C20H21BrN2O4. The van der Waals surface area contributed by atoms with Crippen molar-refractivity contribution in [1.82, 2.24) is 10.2 Å². The molecule has 0 radical (unpaired) electrons. The third-order valence-corrected chi connectivity index (χ3v) is 5.11. The van der Waals surface area contributed by atoms with Gasteiger partial charge in [-0.2, -0.15) is 0 Å². The number of fused-ring (bicyclic) bond motifs is 1. The van der Waals surface area contributed by atoms with Gasteiger partial charge in [0.1, 0.15) is 0 Å². The monoisotopic (exact) mass is 432 g/mol. The lowest BCUT2D eigenvalue weighted by Crippen LogP contribution is -2.51. The second kappa shape index (κ2) is 8.65. The summed E-state index contributed by atoms with van der Waals surface area (Å²) in [4.78, 5) is 26.1. The van der Waals surface area contributed by atoms with Crippen LogP contribution >= 0.6 is 15.9 Å². The normalized spacial score (nSPS) is 15.6. The highest BCUT2D eigenvalue weighted by Gasteiger charge is 2.34. The van der Waals surface area contributed by atoms with Gasteiger partial charge < -0.3 is 20.4 Å². The van der Waals surface area contributed by atoms with Gasteiger partial charge in [-0.3, -0.25) is 9.59 Å². The van der Waals surface area contributed by atoms with Gasteiger partial charge >= 0.3 is 0 Å². The second-order valence-corrected chi connectivity index (χ2v) is 7.43. The van der Waals surface area contributed by atoms with Crippen molar-refractivity contribution >= 4 is 27.7 Å². The van der Waals surface area contributed by atoms with E-state index in [4.69, 9.17) is 0 Å². The van der Waals surface area contributed by atoms with E-state index in [-0.39, 0.29) is 6.54 Å². The Kier molecular flexibility index (Phi) is 6.26. The van der Waals surface area contributed by atoms with Crippen molar-refractivity contribution in [3.8, 4) is 0 Å². The molecule has 2 atom stereocenters. The average Bonchev–Trinajstić information content (AvgIpc) is 2.70. The highest BCUT2D eigenvalue weighted by atomic mass is 79.9. The number of carbonyl (C=O) groups is 2. The summed E-state index contributed by atoms with van der Waals surface area (Å²) in [6, 6.07) is 15.1. The number of amides is 2. The van der Waals surface area contributed by atoms with Gasteiger partial charge in [-0.1, -0.05) is 52.3 Å². The molecule has 0 aliphatic carbocycles. The lowest BCUT2D eigenvalue weighted by Gasteiger charge is -2.31. The summed E-state index contributed by atoms with van der Waals surface area (Å²) < 4.78 is 0.871. The molecule has 142 valence electrons. The molecule has 6 nitrogen and oxygen atoms in total. The molecule has 0 spiro atoms. The number of rotatable bonds is 5. The van der Waals surface area contributed by atoms with Crippen LogP contribution in [0.1, 0.15) is 16.7 Å². The van der Waals surface area contributed by atoms with Crippen LogP contribution in [-0.4, -0.2) is 45.7 Å². The van der Waals surface area contributed by atoms with Crippen LogP contribution in [0.2, 0.25) is 0 Å². The van der Waals surface area contributed by atoms with Crippen LogP contribution in [0, 0.1) is 0 Å². The number of hydrogen-bond donors (Lipinski definition) is 3. The van der Waals surface area contributed by atoms with Crippen molar-refractivity contribution < 1.29 is 19.8 Å². The number of hydrogen-bond acceptors (Lipinski definition) is 4. The Labute approximate surface area is 165 Å². The standard InChI is InChI=1S/C20H21BrN2O4/c21-16-7-3-4-13(10-16)11-22-19(26)17(24)18(25)20(27)23-9-8-14-5-1-2-6-15(14)12-23/h1-7,10,17-18,24-25H,8-9,11-12H2,(H,22,26)/t17-,18-/m0/s1. The van der Waals surface area contributed by atoms with Crippen molar-refractivity contribution in [2.24, 2.45) is 0 Å². The molecule has 0 bridgehead atoms. The zero-order valence-electron chi connectivity index (χ0n) is 14.6. The summed E-state index contributed by atoms with van der Waals surface area (Å²) in [6.45, 7) is 0.991. The Balaban J connectivity index is 1.57. The third kappa shape index (κ3) is 4.74. The smallest absolute Gasteiger partial charge is 0.255 e. The highest BCUT2D eigenvalue weighted by molar-refractivity contribution is 9.10. The molecular weight excluding hydrogens is 412 g/mol. The molecule has 0 fully saturated rings. The maximum absolute atomic E-state index is 12.5. The molecule has 0 saturated carbocycles. The second-order valence-electron chi connectivity index (χ2n) is 6.52. The van der Waals surface area contributed by atoms with E-state index < -0.39 is 24.0 Å². The van der Waals surface area contributed by atoms with Gasteiger partial charge in [-0.15, -0.1) is 0 Å². The molecule has 0 saturated heterocycles. The van der Waals surface area contributed by atoms with Crippen molar-refractivity contribution in [2.75, 3.05) is 6.54 Å².